The predicted molar refractivity (Wildman–Crippen MR) is 120 cm³/mol. The fourth-order valence-corrected chi connectivity index (χ4v) is 5.26. The van der Waals surface area contributed by atoms with E-state index >= 15 is 0 Å². The van der Waals surface area contributed by atoms with Crippen molar-refractivity contribution in [2.24, 2.45) is 5.92 Å². The number of likely N-dealkylation sites (N-methyl/N-ethyl adjacent to an activating group) is 1. The Balaban J connectivity index is 1.82. The Bertz CT molecular complexity index is 1210. The van der Waals surface area contributed by atoms with Gasteiger partial charge in [-0.1, -0.05) is 32.0 Å². The summed E-state index contributed by atoms with van der Waals surface area (Å²) in [5, 5.41) is 1.05. The van der Waals surface area contributed by atoms with Crippen LogP contribution in [0.3, 0.4) is 0 Å². The monoisotopic (exact) mass is 417 g/mol. The molecule has 160 valence electrons. The number of nitrogens with one attached hydrogen (secondary N) is 1. The average Bonchev–Trinajstić information content (AvgIpc) is 3.24. The smallest absolute Gasteiger partial charge is 0.263 e. The van der Waals surface area contributed by atoms with Crippen LogP contribution >= 0.6 is 0 Å². The molecule has 31 heavy (non-hydrogen) atoms. The number of methoxy groups -OCH3 is 1. The molecule has 6 nitrogen and oxygen atoms in total. The van der Waals surface area contributed by atoms with Crippen molar-refractivity contribution in [3.05, 3.63) is 59.3 Å². The molecule has 1 aromatic heterocycles. The number of para-hydroxylation sites is 1. The van der Waals surface area contributed by atoms with Gasteiger partial charge in [0.05, 0.1) is 12.8 Å². The highest BCUT2D eigenvalue weighted by Gasteiger charge is 2.59. The molecule has 2 aromatic carbocycles. The van der Waals surface area contributed by atoms with Crippen molar-refractivity contribution in [3.63, 3.8) is 0 Å². The zero-order chi connectivity index (χ0) is 21.9. The standard InChI is InChI=1S/C25H27N3O3/c1-15(2)13-22(29)28-12-11-17-18-14-16(31-4)9-10-20(18)26-23(17)25(28)19-7-5-6-8-21(19)27(3)24(25)30/h5-10,14-15,26H,11-13H2,1-4H3/t25-/m1/s1. The van der Waals surface area contributed by atoms with Gasteiger partial charge in [0.1, 0.15) is 5.75 Å². The maximum atomic E-state index is 14.0. The normalized spacial score (nSPS) is 20.0. The molecule has 6 heteroatoms. The molecule has 0 unspecified atom stereocenters. The zero-order valence-corrected chi connectivity index (χ0v) is 18.4. The highest BCUT2D eigenvalue weighted by atomic mass is 16.5. The molecule has 2 aliphatic rings. The van der Waals surface area contributed by atoms with Gasteiger partial charge < -0.3 is 19.5 Å². The molecule has 3 heterocycles. The van der Waals surface area contributed by atoms with E-state index in [1.54, 1.807) is 19.1 Å². The van der Waals surface area contributed by atoms with E-state index in [9.17, 15) is 9.59 Å². The maximum Gasteiger partial charge on any atom is 0.263 e. The van der Waals surface area contributed by atoms with Crippen LogP contribution in [0.25, 0.3) is 10.9 Å². The number of aromatic nitrogens is 1. The van der Waals surface area contributed by atoms with Crippen LogP contribution in [0.2, 0.25) is 0 Å². The van der Waals surface area contributed by atoms with Gasteiger partial charge in [0.25, 0.3) is 5.91 Å². The van der Waals surface area contributed by atoms with E-state index in [0.717, 1.165) is 39.2 Å². The van der Waals surface area contributed by atoms with Gasteiger partial charge in [0.15, 0.2) is 5.54 Å². The topological polar surface area (TPSA) is 65.6 Å². The van der Waals surface area contributed by atoms with Crippen LogP contribution in [0.1, 0.15) is 37.1 Å². The molecule has 0 bridgehead atoms. The Hall–Kier alpha value is -3.28. The summed E-state index contributed by atoms with van der Waals surface area (Å²) in [6, 6.07) is 13.7. The lowest BCUT2D eigenvalue weighted by Crippen LogP contribution is -2.59. The van der Waals surface area contributed by atoms with Crippen molar-refractivity contribution in [1.29, 1.82) is 0 Å². The molecule has 1 N–H and O–H groups in total. The molecular formula is C25H27N3O3. The van der Waals surface area contributed by atoms with E-state index in [1.165, 1.54) is 0 Å². The first-order chi connectivity index (χ1) is 14.9. The number of aromatic amines is 1. The van der Waals surface area contributed by atoms with Crippen molar-refractivity contribution in [2.75, 3.05) is 25.6 Å². The number of anilines is 1. The van der Waals surface area contributed by atoms with Crippen molar-refractivity contribution in [3.8, 4) is 5.75 Å². The first-order valence-electron chi connectivity index (χ1n) is 10.8. The van der Waals surface area contributed by atoms with Crippen LogP contribution in [-0.4, -0.2) is 42.4 Å². The number of nitrogens with zero attached hydrogens (tertiary/aromatic N) is 2. The Morgan fingerprint density at radius 2 is 2.00 bits per heavy atom. The fraction of sp³-hybridized carbons (Fsp3) is 0.360. The van der Waals surface area contributed by atoms with Crippen LogP contribution in [0, 0.1) is 5.92 Å². The minimum Gasteiger partial charge on any atom is -0.497 e. The van der Waals surface area contributed by atoms with Gasteiger partial charge in [-0.15, -0.1) is 0 Å². The van der Waals surface area contributed by atoms with Gasteiger partial charge in [0, 0.05) is 42.2 Å². The molecule has 0 radical (unpaired) electrons. The van der Waals surface area contributed by atoms with E-state index in [2.05, 4.69) is 4.98 Å². The lowest BCUT2D eigenvalue weighted by atomic mass is 9.79. The lowest BCUT2D eigenvalue weighted by molar-refractivity contribution is -0.145. The van der Waals surface area contributed by atoms with Crippen molar-refractivity contribution < 1.29 is 14.3 Å². The van der Waals surface area contributed by atoms with Gasteiger partial charge in [0.2, 0.25) is 5.91 Å². The fourth-order valence-electron chi connectivity index (χ4n) is 5.26. The Morgan fingerprint density at radius 3 is 2.74 bits per heavy atom. The number of hydrogen-bond acceptors (Lipinski definition) is 3. The van der Waals surface area contributed by atoms with Gasteiger partial charge >= 0.3 is 0 Å². The van der Waals surface area contributed by atoms with Crippen LogP contribution in [0.15, 0.2) is 42.5 Å². The number of carbonyl (C=O) groups excluding carboxylic acids is 2. The van der Waals surface area contributed by atoms with Crippen LogP contribution in [-0.2, 0) is 21.5 Å². The van der Waals surface area contributed by atoms with Gasteiger partial charge in [-0.2, -0.15) is 0 Å². The number of amides is 2. The van der Waals surface area contributed by atoms with E-state index in [0.29, 0.717) is 19.4 Å². The molecule has 0 fully saturated rings. The maximum absolute atomic E-state index is 14.0. The largest absolute Gasteiger partial charge is 0.497 e. The van der Waals surface area contributed by atoms with Crippen molar-refractivity contribution in [2.45, 2.75) is 32.2 Å². The van der Waals surface area contributed by atoms with Gasteiger partial charge in [-0.3, -0.25) is 9.59 Å². The van der Waals surface area contributed by atoms with E-state index in [-0.39, 0.29) is 17.7 Å². The second-order valence-corrected chi connectivity index (χ2v) is 8.88. The number of hydrogen-bond donors (Lipinski definition) is 1. The number of fused-ring (bicyclic) bond motifs is 6. The summed E-state index contributed by atoms with van der Waals surface area (Å²) in [6.07, 6.45) is 1.09. The molecule has 0 aliphatic carbocycles. The van der Waals surface area contributed by atoms with Gasteiger partial charge in [-0.05, 0) is 42.2 Å². The Kier molecular flexibility index (Phi) is 4.36. The Labute approximate surface area is 181 Å². The van der Waals surface area contributed by atoms with Crippen molar-refractivity contribution >= 4 is 28.4 Å². The predicted octanol–water partition coefficient (Wildman–Crippen LogP) is 3.83. The summed E-state index contributed by atoms with van der Waals surface area (Å²) in [4.78, 5) is 34.5. The third-order valence-corrected chi connectivity index (χ3v) is 6.62. The third kappa shape index (κ3) is 2.57. The number of rotatable bonds is 3. The number of carbonyl (C=O) groups is 2. The third-order valence-electron chi connectivity index (χ3n) is 6.62. The molecule has 5 rings (SSSR count). The molecular weight excluding hydrogens is 390 g/mol. The second-order valence-electron chi connectivity index (χ2n) is 8.88. The first kappa shape index (κ1) is 19.7. The molecule has 2 amide bonds. The zero-order valence-electron chi connectivity index (χ0n) is 18.4. The van der Waals surface area contributed by atoms with Crippen LogP contribution in [0.4, 0.5) is 5.69 Å². The number of ether oxygens (including phenoxy) is 1. The summed E-state index contributed by atoms with van der Waals surface area (Å²) in [5.74, 6) is 0.903. The summed E-state index contributed by atoms with van der Waals surface area (Å²) in [7, 11) is 3.45. The minimum atomic E-state index is -1.17. The quantitative estimate of drug-likeness (QED) is 0.704. The van der Waals surface area contributed by atoms with Crippen molar-refractivity contribution in [1.82, 2.24) is 9.88 Å². The van der Waals surface area contributed by atoms with E-state index < -0.39 is 5.54 Å². The molecule has 2 aliphatic heterocycles. The second kappa shape index (κ2) is 6.87. The summed E-state index contributed by atoms with van der Waals surface area (Å²) >= 11 is 0. The summed E-state index contributed by atoms with van der Waals surface area (Å²) < 4.78 is 5.44. The highest BCUT2D eigenvalue weighted by Crippen LogP contribution is 2.52. The minimum absolute atomic E-state index is 0.00957. The molecule has 3 aromatic rings. The molecule has 0 saturated carbocycles. The first-order valence-corrected chi connectivity index (χ1v) is 10.8. The summed E-state index contributed by atoms with van der Waals surface area (Å²) in [5.41, 5.74) is 3.37. The van der Waals surface area contributed by atoms with Gasteiger partial charge in [-0.25, -0.2) is 0 Å². The average molecular weight is 418 g/mol. The Morgan fingerprint density at radius 1 is 1.23 bits per heavy atom. The molecule has 1 spiro atoms. The SMILES string of the molecule is COc1ccc2[nH]c3c(c2c1)CCN(C(=O)CC(C)C)[C@@]31C(=O)N(C)c2ccccc21. The van der Waals surface area contributed by atoms with Crippen LogP contribution < -0.4 is 9.64 Å². The lowest BCUT2D eigenvalue weighted by Gasteiger charge is -2.43. The number of benzene rings is 2. The molecule has 1 atom stereocenters. The van der Waals surface area contributed by atoms with Crippen LogP contribution in [0.5, 0.6) is 5.75 Å². The highest BCUT2D eigenvalue weighted by molar-refractivity contribution is 6.12. The number of H-pyrrole nitrogens is 1. The van der Waals surface area contributed by atoms with E-state index in [4.69, 9.17) is 4.74 Å². The van der Waals surface area contributed by atoms with E-state index in [1.807, 2.05) is 61.2 Å². The summed E-state index contributed by atoms with van der Waals surface area (Å²) in [6.45, 7) is 4.56. The molecule has 0 saturated heterocycles.